The summed E-state index contributed by atoms with van der Waals surface area (Å²) in [7, 11) is 1.60. The van der Waals surface area contributed by atoms with Crippen LogP contribution in [0.1, 0.15) is 46.5 Å². The number of benzene rings is 4. The van der Waals surface area contributed by atoms with Crippen LogP contribution in [0, 0.1) is 6.92 Å². The number of aromatic hydroxyl groups is 1. The van der Waals surface area contributed by atoms with Crippen molar-refractivity contribution in [2.45, 2.75) is 26.4 Å². The fraction of sp³-hybridized carbons (Fsp3) is 0.219. The standard InChI is InChI=1S/C32H32N2O4/c1-5-34(6-2)23-16-17-26(29(35)19-23)32(25-15-11-10-14-24(25)31(36)38-32)27-20-28(21(3)18-30(27)37-4)33-22-12-8-7-9-13-22/h7-20,33,35H,5-6H2,1-4H3. The second-order valence-electron chi connectivity index (χ2n) is 9.35. The van der Waals surface area contributed by atoms with Gasteiger partial charge in [0.25, 0.3) is 0 Å². The largest absolute Gasteiger partial charge is 0.507 e. The van der Waals surface area contributed by atoms with Crippen molar-refractivity contribution in [2.75, 3.05) is 30.4 Å². The molecular formula is C32H32N2O4. The van der Waals surface area contributed by atoms with Crippen molar-refractivity contribution in [1.29, 1.82) is 0 Å². The van der Waals surface area contributed by atoms with Gasteiger partial charge in [0.2, 0.25) is 0 Å². The molecule has 1 unspecified atom stereocenters. The van der Waals surface area contributed by atoms with E-state index in [1.54, 1.807) is 19.2 Å². The molecule has 2 N–H and O–H groups in total. The molecule has 0 fully saturated rings. The average Bonchev–Trinajstić information content (AvgIpc) is 3.24. The van der Waals surface area contributed by atoms with Crippen molar-refractivity contribution < 1.29 is 19.4 Å². The molecule has 1 aliphatic heterocycles. The molecule has 1 heterocycles. The molecule has 194 valence electrons. The number of carbonyl (C=O) groups is 1. The van der Waals surface area contributed by atoms with Crippen molar-refractivity contribution in [2.24, 2.45) is 0 Å². The number of anilines is 3. The highest BCUT2D eigenvalue weighted by Gasteiger charge is 2.51. The van der Waals surface area contributed by atoms with Gasteiger partial charge in [0.1, 0.15) is 11.5 Å². The number of methoxy groups -OCH3 is 1. The van der Waals surface area contributed by atoms with Gasteiger partial charge in [0.05, 0.1) is 12.7 Å². The lowest BCUT2D eigenvalue weighted by molar-refractivity contribution is 0.0239. The third kappa shape index (κ3) is 4.12. The number of fused-ring (bicyclic) bond motifs is 1. The number of rotatable bonds is 8. The van der Waals surface area contributed by atoms with Crippen molar-refractivity contribution in [3.63, 3.8) is 0 Å². The van der Waals surface area contributed by atoms with E-state index in [-0.39, 0.29) is 5.75 Å². The molecule has 0 saturated carbocycles. The molecule has 1 aliphatic rings. The highest BCUT2D eigenvalue weighted by atomic mass is 16.6. The third-order valence-electron chi connectivity index (χ3n) is 7.24. The number of carbonyl (C=O) groups excluding carboxylic acids is 1. The van der Waals surface area contributed by atoms with Crippen LogP contribution in [0.5, 0.6) is 11.5 Å². The molecule has 0 radical (unpaired) electrons. The number of cyclic esters (lactones) is 1. The van der Waals surface area contributed by atoms with Crippen LogP contribution in [0.3, 0.4) is 0 Å². The molecule has 0 spiro atoms. The molecule has 4 aromatic rings. The fourth-order valence-corrected chi connectivity index (χ4v) is 5.30. The van der Waals surface area contributed by atoms with Gasteiger partial charge in [-0.1, -0.05) is 36.4 Å². The summed E-state index contributed by atoms with van der Waals surface area (Å²) in [6.45, 7) is 7.75. The van der Waals surface area contributed by atoms with E-state index in [1.165, 1.54) is 0 Å². The summed E-state index contributed by atoms with van der Waals surface area (Å²) < 4.78 is 12.2. The molecule has 0 bridgehead atoms. The molecule has 5 rings (SSSR count). The Kier molecular flexibility index (Phi) is 6.72. The van der Waals surface area contributed by atoms with Crippen LogP contribution < -0.4 is 15.0 Å². The minimum absolute atomic E-state index is 0.0408. The second-order valence-corrected chi connectivity index (χ2v) is 9.35. The zero-order chi connectivity index (χ0) is 26.9. The topological polar surface area (TPSA) is 71.0 Å². The third-order valence-corrected chi connectivity index (χ3v) is 7.24. The Morgan fingerprint density at radius 1 is 0.895 bits per heavy atom. The van der Waals surface area contributed by atoms with E-state index in [0.717, 1.165) is 35.7 Å². The van der Waals surface area contributed by atoms with E-state index in [9.17, 15) is 9.90 Å². The summed E-state index contributed by atoms with van der Waals surface area (Å²) in [6.07, 6.45) is 0. The SMILES string of the molecule is CCN(CC)c1ccc(C2(c3cc(Nc4ccccc4)c(C)cc3OC)OC(=O)c3ccccc32)c(O)c1. The van der Waals surface area contributed by atoms with Gasteiger partial charge in [-0.05, 0) is 68.8 Å². The van der Waals surface area contributed by atoms with E-state index < -0.39 is 11.6 Å². The molecule has 1 atom stereocenters. The Morgan fingerprint density at radius 2 is 1.61 bits per heavy atom. The van der Waals surface area contributed by atoms with Gasteiger partial charge in [0.15, 0.2) is 5.60 Å². The van der Waals surface area contributed by atoms with Gasteiger partial charge in [-0.25, -0.2) is 4.79 Å². The van der Waals surface area contributed by atoms with Crippen LogP contribution in [-0.4, -0.2) is 31.3 Å². The maximum absolute atomic E-state index is 13.3. The average molecular weight is 509 g/mol. The lowest BCUT2D eigenvalue weighted by Crippen LogP contribution is -2.31. The monoisotopic (exact) mass is 508 g/mol. The number of esters is 1. The molecule has 0 aromatic heterocycles. The summed E-state index contributed by atoms with van der Waals surface area (Å²) >= 11 is 0. The van der Waals surface area contributed by atoms with Crippen molar-refractivity contribution in [3.05, 3.63) is 113 Å². The first-order valence-electron chi connectivity index (χ1n) is 12.8. The Bertz CT molecular complexity index is 1480. The van der Waals surface area contributed by atoms with Gasteiger partial charge < -0.3 is 24.8 Å². The molecule has 0 saturated heterocycles. The molecular weight excluding hydrogens is 476 g/mol. The number of hydrogen-bond acceptors (Lipinski definition) is 6. The van der Waals surface area contributed by atoms with E-state index in [4.69, 9.17) is 9.47 Å². The van der Waals surface area contributed by atoms with Crippen LogP contribution >= 0.6 is 0 Å². The van der Waals surface area contributed by atoms with Gasteiger partial charge in [0, 0.05) is 52.9 Å². The van der Waals surface area contributed by atoms with E-state index >= 15 is 0 Å². The molecule has 6 heteroatoms. The van der Waals surface area contributed by atoms with Gasteiger partial charge in [-0.3, -0.25) is 0 Å². The number of ether oxygens (including phenoxy) is 2. The molecule has 6 nitrogen and oxygen atoms in total. The molecule has 4 aromatic carbocycles. The van der Waals surface area contributed by atoms with Gasteiger partial charge in [-0.15, -0.1) is 0 Å². The molecule has 38 heavy (non-hydrogen) atoms. The van der Waals surface area contributed by atoms with Gasteiger partial charge in [-0.2, -0.15) is 0 Å². The minimum atomic E-state index is -1.41. The first-order chi connectivity index (χ1) is 18.4. The number of phenols is 1. The number of phenolic OH excluding ortho intramolecular Hbond substituents is 1. The zero-order valence-corrected chi connectivity index (χ0v) is 22.1. The number of nitrogens with zero attached hydrogens (tertiary/aromatic N) is 1. The van der Waals surface area contributed by atoms with Crippen LogP contribution in [-0.2, 0) is 10.3 Å². The normalized spacial score (nSPS) is 16.1. The molecule has 0 amide bonds. The maximum Gasteiger partial charge on any atom is 0.340 e. The highest BCUT2D eigenvalue weighted by Crippen LogP contribution is 2.53. The van der Waals surface area contributed by atoms with Crippen LogP contribution in [0.4, 0.5) is 17.1 Å². The lowest BCUT2D eigenvalue weighted by atomic mass is 9.78. The number of hydrogen-bond donors (Lipinski definition) is 2. The minimum Gasteiger partial charge on any atom is -0.507 e. The zero-order valence-electron chi connectivity index (χ0n) is 22.1. The Labute approximate surface area is 223 Å². The van der Waals surface area contributed by atoms with Crippen molar-refractivity contribution in [1.82, 2.24) is 0 Å². The predicted octanol–water partition coefficient (Wildman–Crippen LogP) is 6.76. The fourth-order valence-electron chi connectivity index (χ4n) is 5.30. The Balaban J connectivity index is 1.78. The summed E-state index contributed by atoms with van der Waals surface area (Å²) in [5.74, 6) is 0.143. The lowest BCUT2D eigenvalue weighted by Gasteiger charge is -2.33. The van der Waals surface area contributed by atoms with Crippen molar-refractivity contribution in [3.8, 4) is 11.5 Å². The summed E-state index contributed by atoms with van der Waals surface area (Å²) in [5, 5.41) is 15.0. The maximum atomic E-state index is 13.3. The van der Waals surface area contributed by atoms with Gasteiger partial charge >= 0.3 is 5.97 Å². The van der Waals surface area contributed by atoms with E-state index in [2.05, 4.69) is 24.1 Å². The first-order valence-corrected chi connectivity index (χ1v) is 12.8. The number of para-hydroxylation sites is 1. The number of nitrogens with one attached hydrogen (secondary N) is 1. The Hall–Kier alpha value is -4.45. The summed E-state index contributed by atoms with van der Waals surface area (Å²) in [4.78, 5) is 15.4. The highest BCUT2D eigenvalue weighted by molar-refractivity contribution is 5.97. The molecule has 0 aliphatic carbocycles. The Morgan fingerprint density at radius 3 is 2.29 bits per heavy atom. The second kappa shape index (κ2) is 10.1. The van der Waals surface area contributed by atoms with Crippen molar-refractivity contribution >= 4 is 23.0 Å². The number of aryl methyl sites for hydroxylation is 1. The van der Waals surface area contributed by atoms with Crippen LogP contribution in [0.15, 0.2) is 84.9 Å². The van der Waals surface area contributed by atoms with E-state index in [0.29, 0.717) is 28.0 Å². The van der Waals surface area contributed by atoms with E-state index in [1.807, 2.05) is 79.7 Å². The first kappa shape index (κ1) is 25.2. The van der Waals surface area contributed by atoms with Crippen LogP contribution in [0.2, 0.25) is 0 Å². The quantitative estimate of drug-likeness (QED) is 0.256. The smallest absolute Gasteiger partial charge is 0.340 e. The predicted molar refractivity (Wildman–Crippen MR) is 151 cm³/mol. The summed E-state index contributed by atoms with van der Waals surface area (Å²) in [5.41, 5.74) is 4.42. The summed E-state index contributed by atoms with van der Waals surface area (Å²) in [6, 6.07) is 26.6. The van der Waals surface area contributed by atoms with Crippen LogP contribution in [0.25, 0.3) is 0 Å².